The molecule has 42 heavy (non-hydrogen) atoms. The molecule has 0 saturated heterocycles. The molecule has 6 rings (SSSR count). The largest absolute Gasteiger partial charge is 0.299 e. The Labute approximate surface area is 250 Å². The van der Waals surface area contributed by atoms with Crippen LogP contribution in [-0.4, -0.2) is 19.1 Å². The Hall–Kier alpha value is -4.18. The molecular formula is C38H42N4. The summed E-state index contributed by atoms with van der Waals surface area (Å²) in [6, 6.07) is 26.9. The lowest BCUT2D eigenvalue weighted by molar-refractivity contribution is 0.506. The van der Waals surface area contributed by atoms with Gasteiger partial charge in [-0.2, -0.15) is 0 Å². The van der Waals surface area contributed by atoms with Crippen LogP contribution < -0.4 is 0 Å². The molecule has 0 aliphatic heterocycles. The number of imidazole rings is 2. The minimum absolute atomic E-state index is 0.143. The molecule has 0 unspecified atom stereocenters. The summed E-state index contributed by atoms with van der Waals surface area (Å²) in [4.78, 5) is 9.52. The molecule has 4 nitrogen and oxygen atoms in total. The second-order valence-electron chi connectivity index (χ2n) is 13.1. The number of nitrogens with zero attached hydrogens (tertiary/aromatic N) is 4. The van der Waals surface area contributed by atoms with E-state index in [1.807, 2.05) is 12.7 Å². The van der Waals surface area contributed by atoms with E-state index in [2.05, 4.69) is 137 Å². The van der Waals surface area contributed by atoms with Crippen molar-refractivity contribution in [3.8, 4) is 22.5 Å². The first kappa shape index (κ1) is 28.0. The number of hydrogen-bond donors (Lipinski definition) is 0. The minimum atomic E-state index is 0.143. The average molecular weight is 555 g/mol. The van der Waals surface area contributed by atoms with Crippen molar-refractivity contribution in [2.24, 2.45) is 0 Å². The fraction of sp³-hybridized carbons (Fsp3) is 0.316. The van der Waals surface area contributed by atoms with Crippen molar-refractivity contribution in [1.29, 1.82) is 0 Å². The van der Waals surface area contributed by atoms with Gasteiger partial charge in [0.15, 0.2) is 0 Å². The van der Waals surface area contributed by atoms with Gasteiger partial charge in [0.25, 0.3) is 0 Å². The summed E-state index contributed by atoms with van der Waals surface area (Å²) >= 11 is 0. The first-order valence-corrected chi connectivity index (χ1v) is 15.2. The maximum Gasteiger partial charge on any atom is 0.100 e. The van der Waals surface area contributed by atoms with Crippen LogP contribution in [-0.2, 0) is 10.8 Å². The van der Waals surface area contributed by atoms with Crippen LogP contribution in [0.1, 0.15) is 76.6 Å². The lowest BCUT2D eigenvalue weighted by atomic mass is 9.82. The van der Waals surface area contributed by atoms with Crippen molar-refractivity contribution in [2.75, 3.05) is 0 Å². The van der Waals surface area contributed by atoms with Crippen LogP contribution in [0.3, 0.4) is 0 Å². The van der Waals surface area contributed by atoms with Crippen LogP contribution in [0.4, 0.5) is 0 Å². The highest BCUT2D eigenvalue weighted by atomic mass is 15.1. The molecule has 0 aliphatic carbocycles. The number of rotatable bonds is 7. The molecule has 2 aromatic heterocycles. The standard InChI is InChI=1S/C38H42N4/c1-9-37(5,6)27-11-17-35-33(21-27)39-23-41(35)29-13-15-31(25(3)19-29)32-16-14-30(20-26(32)4)42-24-40-34-22-28(12-18-36(34)42)38(7,8)10-2/h11-24H,9-10H2,1-8H3. The molecule has 4 heteroatoms. The molecule has 0 spiro atoms. The van der Waals surface area contributed by atoms with Crippen molar-refractivity contribution < 1.29 is 0 Å². The summed E-state index contributed by atoms with van der Waals surface area (Å²) in [6.45, 7) is 18.1. The van der Waals surface area contributed by atoms with Crippen LogP contribution >= 0.6 is 0 Å². The first-order chi connectivity index (χ1) is 20.0. The van der Waals surface area contributed by atoms with E-state index in [1.165, 1.54) is 33.4 Å². The number of fused-ring (bicyclic) bond motifs is 2. The Kier molecular flexibility index (Phi) is 6.84. The molecule has 2 heterocycles. The Morgan fingerprint density at radius 1 is 0.548 bits per heavy atom. The monoisotopic (exact) mass is 554 g/mol. The smallest absolute Gasteiger partial charge is 0.100 e. The fourth-order valence-electron chi connectivity index (χ4n) is 5.89. The van der Waals surface area contributed by atoms with Crippen molar-refractivity contribution in [3.63, 3.8) is 0 Å². The van der Waals surface area contributed by atoms with Crippen molar-refractivity contribution in [2.45, 2.75) is 79.1 Å². The Morgan fingerprint density at radius 2 is 0.952 bits per heavy atom. The summed E-state index contributed by atoms with van der Waals surface area (Å²) < 4.78 is 4.39. The van der Waals surface area contributed by atoms with Crippen LogP contribution in [0.5, 0.6) is 0 Å². The van der Waals surface area contributed by atoms with Gasteiger partial charge >= 0.3 is 0 Å². The van der Waals surface area contributed by atoms with E-state index in [0.717, 1.165) is 46.3 Å². The number of hydrogen-bond acceptors (Lipinski definition) is 2. The third-order valence-electron chi connectivity index (χ3n) is 9.69. The second-order valence-corrected chi connectivity index (χ2v) is 13.1. The quantitative estimate of drug-likeness (QED) is 0.197. The zero-order valence-electron chi connectivity index (χ0n) is 26.3. The van der Waals surface area contributed by atoms with E-state index in [-0.39, 0.29) is 10.8 Å². The van der Waals surface area contributed by atoms with E-state index < -0.39 is 0 Å². The van der Waals surface area contributed by atoms with Crippen LogP contribution in [0.25, 0.3) is 44.6 Å². The SMILES string of the molecule is CCC(C)(C)c1ccc2c(c1)ncn2-c1ccc(-c2ccc(-n3cnc4cc(C(C)(C)CC)ccc43)cc2C)c(C)c1. The molecule has 0 fully saturated rings. The van der Waals surface area contributed by atoms with Crippen LogP contribution in [0, 0.1) is 13.8 Å². The van der Waals surface area contributed by atoms with E-state index in [4.69, 9.17) is 9.97 Å². The zero-order chi connectivity index (χ0) is 29.8. The highest BCUT2D eigenvalue weighted by molar-refractivity contribution is 5.81. The number of aromatic nitrogens is 4. The van der Waals surface area contributed by atoms with Gasteiger partial charge in [-0.1, -0.05) is 65.8 Å². The number of aryl methyl sites for hydroxylation is 2. The van der Waals surface area contributed by atoms with Gasteiger partial charge in [-0.3, -0.25) is 9.13 Å². The van der Waals surface area contributed by atoms with E-state index in [9.17, 15) is 0 Å². The van der Waals surface area contributed by atoms with Gasteiger partial charge in [-0.15, -0.1) is 0 Å². The van der Waals surface area contributed by atoms with Crippen LogP contribution in [0.15, 0.2) is 85.5 Å². The maximum absolute atomic E-state index is 4.76. The summed E-state index contributed by atoms with van der Waals surface area (Å²) in [5.41, 5.74) is 14.6. The fourth-order valence-corrected chi connectivity index (χ4v) is 5.89. The van der Waals surface area contributed by atoms with E-state index >= 15 is 0 Å². The van der Waals surface area contributed by atoms with E-state index in [0.29, 0.717) is 0 Å². The molecule has 0 atom stereocenters. The van der Waals surface area contributed by atoms with Crippen molar-refractivity contribution in [3.05, 3.63) is 108 Å². The molecular weight excluding hydrogens is 512 g/mol. The summed E-state index contributed by atoms with van der Waals surface area (Å²) in [5.74, 6) is 0. The first-order valence-electron chi connectivity index (χ1n) is 15.2. The van der Waals surface area contributed by atoms with Gasteiger partial charge in [0.1, 0.15) is 12.7 Å². The Morgan fingerprint density at radius 3 is 1.31 bits per heavy atom. The van der Waals surface area contributed by atoms with Crippen LogP contribution in [0.2, 0.25) is 0 Å². The van der Waals surface area contributed by atoms with E-state index in [1.54, 1.807) is 0 Å². The van der Waals surface area contributed by atoms with Gasteiger partial charge in [-0.05, 0) is 119 Å². The second kappa shape index (κ2) is 10.3. The molecule has 0 saturated carbocycles. The molecule has 6 aromatic rings. The minimum Gasteiger partial charge on any atom is -0.299 e. The lowest BCUT2D eigenvalue weighted by Gasteiger charge is -2.23. The molecule has 0 radical (unpaired) electrons. The maximum atomic E-state index is 4.76. The van der Waals surface area contributed by atoms with Gasteiger partial charge in [0, 0.05) is 11.4 Å². The molecule has 0 bridgehead atoms. The molecule has 214 valence electrons. The third-order valence-corrected chi connectivity index (χ3v) is 9.69. The predicted octanol–water partition coefficient (Wildman–Crippen LogP) is 10.0. The lowest BCUT2D eigenvalue weighted by Crippen LogP contribution is -2.15. The molecule has 0 amide bonds. The Bertz CT molecular complexity index is 1790. The Balaban J connectivity index is 1.31. The highest BCUT2D eigenvalue weighted by Crippen LogP contribution is 2.34. The summed E-state index contributed by atoms with van der Waals surface area (Å²) in [7, 11) is 0. The number of benzene rings is 4. The third kappa shape index (κ3) is 4.73. The van der Waals surface area contributed by atoms with Crippen molar-refractivity contribution in [1.82, 2.24) is 19.1 Å². The highest BCUT2D eigenvalue weighted by Gasteiger charge is 2.21. The topological polar surface area (TPSA) is 35.6 Å². The molecule has 0 aliphatic rings. The van der Waals surface area contributed by atoms with Crippen molar-refractivity contribution >= 4 is 22.1 Å². The average Bonchev–Trinajstić information content (AvgIpc) is 3.61. The predicted molar refractivity (Wildman–Crippen MR) is 177 cm³/mol. The van der Waals surface area contributed by atoms with Gasteiger partial charge in [-0.25, -0.2) is 9.97 Å². The zero-order valence-corrected chi connectivity index (χ0v) is 26.3. The molecule has 0 N–H and O–H groups in total. The normalized spacial score (nSPS) is 12.5. The molecule has 4 aromatic carbocycles. The summed E-state index contributed by atoms with van der Waals surface area (Å²) in [5, 5.41) is 0. The van der Waals surface area contributed by atoms with Gasteiger partial charge < -0.3 is 0 Å². The van der Waals surface area contributed by atoms with Gasteiger partial charge in [0.05, 0.1) is 22.1 Å². The van der Waals surface area contributed by atoms with Gasteiger partial charge in [0.2, 0.25) is 0 Å². The summed E-state index contributed by atoms with van der Waals surface area (Å²) in [6.07, 6.45) is 6.09.